The van der Waals surface area contributed by atoms with E-state index in [-0.39, 0.29) is 5.15 Å². The van der Waals surface area contributed by atoms with E-state index in [9.17, 15) is 4.79 Å². The van der Waals surface area contributed by atoms with Gasteiger partial charge in [0.25, 0.3) is 0 Å². The lowest BCUT2D eigenvalue weighted by atomic mass is 10.2. The van der Waals surface area contributed by atoms with Gasteiger partial charge in [0, 0.05) is 6.20 Å². The summed E-state index contributed by atoms with van der Waals surface area (Å²) in [5, 5.41) is 12.2. The molecule has 2 aromatic rings. The molecule has 0 saturated carbocycles. The van der Waals surface area contributed by atoms with Crippen LogP contribution in [0.3, 0.4) is 0 Å². The maximum atomic E-state index is 11.0. The Morgan fingerprint density at radius 3 is 2.94 bits per heavy atom. The lowest BCUT2D eigenvalue weighted by Gasteiger charge is -1.99. The van der Waals surface area contributed by atoms with Gasteiger partial charge in [0.1, 0.15) is 5.15 Å². The third-order valence-corrected chi connectivity index (χ3v) is 2.68. The minimum absolute atomic E-state index is 0.281. The highest BCUT2D eigenvalue weighted by Gasteiger charge is 2.16. The lowest BCUT2D eigenvalue weighted by molar-refractivity contribution is 0.112. The molecule has 0 spiro atoms. The molecule has 0 aliphatic carbocycles. The molecule has 0 N–H and O–H groups in total. The van der Waals surface area contributed by atoms with Crippen molar-refractivity contribution in [1.82, 2.24) is 20.0 Å². The second-order valence-corrected chi connectivity index (χ2v) is 3.87. The van der Waals surface area contributed by atoms with Gasteiger partial charge < -0.3 is 0 Å². The van der Waals surface area contributed by atoms with E-state index in [0.29, 0.717) is 23.5 Å². The Bertz CT molecular complexity index is 524. The molecule has 17 heavy (non-hydrogen) atoms. The zero-order valence-electron chi connectivity index (χ0n) is 9.30. The maximum absolute atomic E-state index is 11.0. The molecule has 0 aromatic carbocycles. The zero-order valence-corrected chi connectivity index (χ0v) is 10.1. The molecule has 2 rings (SSSR count). The van der Waals surface area contributed by atoms with Crippen molar-refractivity contribution in [1.29, 1.82) is 0 Å². The SMILES string of the molecule is CCCc1nn(-c2cccnn2)c(Cl)c1C=O. The van der Waals surface area contributed by atoms with Gasteiger partial charge in [0.15, 0.2) is 12.1 Å². The normalized spacial score (nSPS) is 10.5. The van der Waals surface area contributed by atoms with E-state index in [4.69, 9.17) is 11.6 Å². The van der Waals surface area contributed by atoms with E-state index < -0.39 is 0 Å². The first kappa shape index (κ1) is 11.7. The van der Waals surface area contributed by atoms with Crippen LogP contribution in [0.5, 0.6) is 0 Å². The third-order valence-electron chi connectivity index (χ3n) is 2.32. The van der Waals surface area contributed by atoms with Gasteiger partial charge in [0.2, 0.25) is 0 Å². The van der Waals surface area contributed by atoms with Gasteiger partial charge in [-0.1, -0.05) is 24.9 Å². The van der Waals surface area contributed by atoms with Crippen LogP contribution in [-0.2, 0) is 6.42 Å². The Labute approximate surface area is 103 Å². The predicted molar refractivity (Wildman–Crippen MR) is 63.5 cm³/mol. The van der Waals surface area contributed by atoms with Crippen LogP contribution in [0.15, 0.2) is 18.3 Å². The van der Waals surface area contributed by atoms with E-state index in [1.165, 1.54) is 4.68 Å². The highest BCUT2D eigenvalue weighted by Crippen LogP contribution is 2.21. The Kier molecular flexibility index (Phi) is 3.49. The summed E-state index contributed by atoms with van der Waals surface area (Å²) >= 11 is 6.10. The minimum atomic E-state index is 0.281. The minimum Gasteiger partial charge on any atom is -0.298 e. The summed E-state index contributed by atoms with van der Waals surface area (Å²) in [6, 6.07) is 3.47. The van der Waals surface area contributed by atoms with Crippen LogP contribution in [0.25, 0.3) is 5.82 Å². The molecule has 6 heteroatoms. The van der Waals surface area contributed by atoms with Gasteiger partial charge >= 0.3 is 0 Å². The van der Waals surface area contributed by atoms with Crippen molar-refractivity contribution in [3.05, 3.63) is 34.7 Å². The fraction of sp³-hybridized carbons (Fsp3) is 0.273. The first-order chi connectivity index (χ1) is 8.27. The van der Waals surface area contributed by atoms with Crippen molar-refractivity contribution in [3.8, 4) is 5.82 Å². The van der Waals surface area contributed by atoms with E-state index in [2.05, 4.69) is 15.3 Å². The molecule has 0 amide bonds. The molecule has 0 bridgehead atoms. The van der Waals surface area contributed by atoms with Crippen LogP contribution in [0, 0.1) is 0 Å². The van der Waals surface area contributed by atoms with Crippen LogP contribution in [0.4, 0.5) is 0 Å². The summed E-state index contributed by atoms with van der Waals surface area (Å²) < 4.78 is 1.43. The second kappa shape index (κ2) is 5.05. The molecule has 0 unspecified atom stereocenters. The molecular weight excluding hydrogens is 240 g/mol. The molecule has 5 nitrogen and oxygen atoms in total. The molecule has 0 fully saturated rings. The van der Waals surface area contributed by atoms with Gasteiger partial charge in [0.05, 0.1) is 11.3 Å². The van der Waals surface area contributed by atoms with Crippen LogP contribution in [0.2, 0.25) is 5.15 Å². The number of carbonyl (C=O) groups is 1. The Hall–Kier alpha value is -1.75. The molecule has 0 saturated heterocycles. The van der Waals surface area contributed by atoms with Crippen molar-refractivity contribution in [3.63, 3.8) is 0 Å². The van der Waals surface area contributed by atoms with Crippen LogP contribution in [0.1, 0.15) is 29.4 Å². The van der Waals surface area contributed by atoms with Gasteiger partial charge in [-0.05, 0) is 18.6 Å². The molecular formula is C11H11ClN4O. The molecule has 0 radical (unpaired) electrons. The standard InChI is InChI=1S/C11H11ClN4O/c1-2-4-9-8(7-17)11(12)16(15-9)10-5-3-6-13-14-10/h3,5-7H,2,4H2,1H3. The smallest absolute Gasteiger partial charge is 0.177 e. The largest absolute Gasteiger partial charge is 0.298 e. The Morgan fingerprint density at radius 2 is 2.35 bits per heavy atom. The lowest BCUT2D eigenvalue weighted by Crippen LogP contribution is -2.01. The van der Waals surface area contributed by atoms with E-state index in [0.717, 1.165) is 12.7 Å². The Morgan fingerprint density at radius 1 is 1.53 bits per heavy atom. The van der Waals surface area contributed by atoms with Crippen LogP contribution in [-0.4, -0.2) is 26.3 Å². The number of aromatic nitrogens is 4. The molecule has 2 heterocycles. The van der Waals surface area contributed by atoms with Crippen LogP contribution < -0.4 is 0 Å². The second-order valence-electron chi connectivity index (χ2n) is 3.51. The fourth-order valence-electron chi connectivity index (χ4n) is 1.55. The third kappa shape index (κ3) is 2.19. The average molecular weight is 251 g/mol. The van der Waals surface area contributed by atoms with E-state index in [1.54, 1.807) is 18.3 Å². The topological polar surface area (TPSA) is 60.7 Å². The zero-order chi connectivity index (χ0) is 12.3. The van der Waals surface area contributed by atoms with Crippen molar-refractivity contribution < 1.29 is 4.79 Å². The molecule has 2 aromatic heterocycles. The number of rotatable bonds is 4. The average Bonchev–Trinajstić information content (AvgIpc) is 2.67. The van der Waals surface area contributed by atoms with Crippen molar-refractivity contribution in [2.45, 2.75) is 19.8 Å². The highest BCUT2D eigenvalue weighted by atomic mass is 35.5. The van der Waals surface area contributed by atoms with Crippen molar-refractivity contribution in [2.75, 3.05) is 0 Å². The Balaban J connectivity index is 2.52. The summed E-state index contributed by atoms with van der Waals surface area (Å²) in [6.07, 6.45) is 3.90. The first-order valence-electron chi connectivity index (χ1n) is 5.28. The fourth-order valence-corrected chi connectivity index (χ4v) is 1.83. The number of nitrogens with zero attached hydrogens (tertiary/aromatic N) is 4. The number of carbonyl (C=O) groups excluding carboxylic acids is 1. The van der Waals surface area contributed by atoms with Gasteiger partial charge in [-0.3, -0.25) is 4.79 Å². The number of aryl methyl sites for hydroxylation is 1. The summed E-state index contributed by atoms with van der Waals surface area (Å²) in [4.78, 5) is 11.0. The van der Waals surface area contributed by atoms with Crippen molar-refractivity contribution >= 4 is 17.9 Å². The summed E-state index contributed by atoms with van der Waals surface area (Å²) in [5.74, 6) is 0.503. The number of hydrogen-bond donors (Lipinski definition) is 0. The molecule has 88 valence electrons. The number of halogens is 1. The number of aldehydes is 1. The van der Waals surface area contributed by atoms with Crippen molar-refractivity contribution in [2.24, 2.45) is 0 Å². The maximum Gasteiger partial charge on any atom is 0.177 e. The van der Waals surface area contributed by atoms with Gasteiger partial charge in [-0.25, -0.2) is 4.68 Å². The molecule has 0 aliphatic heterocycles. The summed E-state index contributed by atoms with van der Waals surface area (Å²) in [7, 11) is 0. The quantitative estimate of drug-likeness (QED) is 0.780. The first-order valence-corrected chi connectivity index (χ1v) is 5.66. The predicted octanol–water partition coefficient (Wildman–Crippen LogP) is 2.08. The summed E-state index contributed by atoms with van der Waals surface area (Å²) in [5.41, 5.74) is 1.12. The molecule has 0 aliphatic rings. The number of hydrogen-bond acceptors (Lipinski definition) is 4. The van der Waals surface area contributed by atoms with E-state index >= 15 is 0 Å². The highest BCUT2D eigenvalue weighted by molar-refractivity contribution is 6.32. The van der Waals surface area contributed by atoms with Crippen LogP contribution >= 0.6 is 11.6 Å². The van der Waals surface area contributed by atoms with E-state index in [1.807, 2.05) is 6.92 Å². The van der Waals surface area contributed by atoms with Gasteiger partial charge in [-0.2, -0.15) is 10.2 Å². The van der Waals surface area contributed by atoms with Gasteiger partial charge in [-0.15, -0.1) is 5.10 Å². The monoisotopic (exact) mass is 250 g/mol. The molecule has 0 atom stereocenters. The summed E-state index contributed by atoms with van der Waals surface area (Å²) in [6.45, 7) is 2.02.